The van der Waals surface area contributed by atoms with Crippen molar-refractivity contribution in [3.8, 4) is 0 Å². The van der Waals surface area contributed by atoms with Crippen molar-refractivity contribution in [1.82, 2.24) is 0 Å². The van der Waals surface area contributed by atoms with Gasteiger partial charge in [0.05, 0.1) is 5.92 Å². The molecule has 0 aromatic heterocycles. The summed E-state index contributed by atoms with van der Waals surface area (Å²) in [5, 5.41) is 0. The second-order valence-electron chi connectivity index (χ2n) is 5.90. The van der Waals surface area contributed by atoms with E-state index >= 15 is 0 Å². The molecule has 0 fully saturated rings. The zero-order chi connectivity index (χ0) is 12.8. The average molecular weight is 230 g/mol. The van der Waals surface area contributed by atoms with Gasteiger partial charge in [-0.15, -0.1) is 0 Å². The van der Waals surface area contributed by atoms with Crippen molar-refractivity contribution in [3.05, 3.63) is 34.9 Å². The summed E-state index contributed by atoms with van der Waals surface area (Å²) in [7, 11) is 0. The molecule has 0 heterocycles. The van der Waals surface area contributed by atoms with Gasteiger partial charge in [0, 0.05) is 11.0 Å². The van der Waals surface area contributed by atoms with Gasteiger partial charge >= 0.3 is 0 Å². The van der Waals surface area contributed by atoms with Gasteiger partial charge in [-0.05, 0) is 25.0 Å². The third-order valence-corrected chi connectivity index (χ3v) is 3.33. The second kappa shape index (κ2) is 3.80. The fourth-order valence-electron chi connectivity index (χ4n) is 2.33. The van der Waals surface area contributed by atoms with Gasteiger partial charge < -0.3 is 0 Å². The first-order valence-electron chi connectivity index (χ1n) is 5.99. The summed E-state index contributed by atoms with van der Waals surface area (Å²) in [6.45, 7) is 7.58. The van der Waals surface area contributed by atoms with Gasteiger partial charge in [0.1, 0.15) is 5.78 Å². The number of aryl methyl sites for hydroxylation is 1. The van der Waals surface area contributed by atoms with Gasteiger partial charge in [-0.1, -0.05) is 38.5 Å². The van der Waals surface area contributed by atoms with E-state index in [2.05, 4.69) is 0 Å². The summed E-state index contributed by atoms with van der Waals surface area (Å²) in [6.07, 6.45) is 0.574. The summed E-state index contributed by atoms with van der Waals surface area (Å²) in [5.41, 5.74) is 2.38. The summed E-state index contributed by atoms with van der Waals surface area (Å²) >= 11 is 0. The molecule has 0 saturated heterocycles. The van der Waals surface area contributed by atoms with Gasteiger partial charge in [0.25, 0.3) is 0 Å². The topological polar surface area (TPSA) is 34.1 Å². The fraction of sp³-hybridized carbons (Fsp3) is 0.467. The van der Waals surface area contributed by atoms with E-state index < -0.39 is 11.3 Å². The molecule has 1 atom stereocenters. The lowest BCUT2D eigenvalue weighted by atomic mass is 9.81. The highest BCUT2D eigenvalue weighted by molar-refractivity contribution is 6.15. The van der Waals surface area contributed by atoms with E-state index in [4.69, 9.17) is 0 Å². The molecular formula is C15H18O2. The number of Topliss-reactive ketones (excluding diaryl/α,β-unsaturated/α-hetero) is 2. The van der Waals surface area contributed by atoms with E-state index in [-0.39, 0.29) is 11.6 Å². The molecule has 0 amide bonds. The maximum Gasteiger partial charge on any atom is 0.173 e. The first-order valence-corrected chi connectivity index (χ1v) is 5.99. The first-order chi connectivity index (χ1) is 7.80. The van der Waals surface area contributed by atoms with Crippen LogP contribution in [0.25, 0.3) is 0 Å². The van der Waals surface area contributed by atoms with Crippen LogP contribution in [-0.2, 0) is 11.2 Å². The van der Waals surface area contributed by atoms with Crippen LogP contribution in [0.2, 0.25) is 0 Å². The van der Waals surface area contributed by atoms with Gasteiger partial charge in [0.15, 0.2) is 5.78 Å². The molecule has 90 valence electrons. The lowest BCUT2D eigenvalue weighted by Crippen LogP contribution is -2.31. The Hall–Kier alpha value is -1.44. The van der Waals surface area contributed by atoms with E-state index in [1.165, 1.54) is 0 Å². The van der Waals surface area contributed by atoms with Gasteiger partial charge in [-0.3, -0.25) is 9.59 Å². The van der Waals surface area contributed by atoms with Crippen LogP contribution in [0.3, 0.4) is 0 Å². The van der Waals surface area contributed by atoms with Crippen molar-refractivity contribution < 1.29 is 9.59 Å². The maximum atomic E-state index is 12.2. The van der Waals surface area contributed by atoms with Crippen molar-refractivity contribution in [1.29, 1.82) is 0 Å². The highest BCUT2D eigenvalue weighted by Crippen LogP contribution is 2.32. The Balaban J connectivity index is 2.35. The third kappa shape index (κ3) is 2.04. The number of hydrogen-bond acceptors (Lipinski definition) is 2. The number of fused-ring (bicyclic) bond motifs is 1. The standard InChI is InChI=1S/C15H18O2/c1-9-5-6-10-8-12(13(16)11(10)7-9)14(17)15(2,3)4/h5-7,12H,8H2,1-4H3. The van der Waals surface area contributed by atoms with E-state index in [0.29, 0.717) is 6.42 Å². The highest BCUT2D eigenvalue weighted by Gasteiger charge is 2.39. The highest BCUT2D eigenvalue weighted by atomic mass is 16.2. The minimum atomic E-state index is -0.466. The van der Waals surface area contributed by atoms with Crippen LogP contribution in [-0.4, -0.2) is 11.6 Å². The van der Waals surface area contributed by atoms with Crippen LogP contribution in [0.4, 0.5) is 0 Å². The van der Waals surface area contributed by atoms with E-state index in [1.807, 2.05) is 45.9 Å². The predicted molar refractivity (Wildman–Crippen MR) is 67.2 cm³/mol. The quantitative estimate of drug-likeness (QED) is 0.695. The molecule has 2 heteroatoms. The fourth-order valence-corrected chi connectivity index (χ4v) is 2.33. The lowest BCUT2D eigenvalue weighted by molar-refractivity contribution is -0.128. The van der Waals surface area contributed by atoms with Crippen LogP contribution in [0.1, 0.15) is 42.3 Å². The Morgan fingerprint density at radius 1 is 1.29 bits per heavy atom. The average Bonchev–Trinajstić information content (AvgIpc) is 2.54. The Kier molecular flexibility index (Phi) is 2.69. The lowest BCUT2D eigenvalue weighted by Gasteiger charge is -2.20. The SMILES string of the molecule is Cc1ccc2c(c1)C(=O)C(C(=O)C(C)(C)C)C2. The van der Waals surface area contributed by atoms with Gasteiger partial charge in [0.2, 0.25) is 0 Å². The molecule has 2 rings (SSSR count). The van der Waals surface area contributed by atoms with Crippen LogP contribution < -0.4 is 0 Å². The van der Waals surface area contributed by atoms with E-state index in [0.717, 1.165) is 16.7 Å². The third-order valence-electron chi connectivity index (χ3n) is 3.33. The van der Waals surface area contributed by atoms with E-state index in [1.54, 1.807) is 0 Å². The summed E-state index contributed by atoms with van der Waals surface area (Å²) in [5.74, 6) is -0.410. The number of ketones is 2. The van der Waals surface area contributed by atoms with Gasteiger partial charge in [-0.25, -0.2) is 0 Å². The van der Waals surface area contributed by atoms with Crippen molar-refractivity contribution in [2.45, 2.75) is 34.1 Å². The Morgan fingerprint density at radius 3 is 2.53 bits per heavy atom. The minimum absolute atomic E-state index is 0.00336. The van der Waals surface area contributed by atoms with Crippen LogP contribution in [0.5, 0.6) is 0 Å². The molecule has 1 aromatic rings. The smallest absolute Gasteiger partial charge is 0.173 e. The normalized spacial score (nSPS) is 19.3. The first kappa shape index (κ1) is 12.0. The Labute approximate surface area is 102 Å². The summed E-state index contributed by atoms with van der Waals surface area (Å²) in [6, 6.07) is 5.86. The van der Waals surface area contributed by atoms with Crippen molar-refractivity contribution >= 4 is 11.6 Å². The summed E-state index contributed by atoms with van der Waals surface area (Å²) in [4.78, 5) is 24.4. The molecule has 1 unspecified atom stereocenters. The predicted octanol–water partition coefficient (Wildman–Crippen LogP) is 2.97. The molecule has 0 radical (unpaired) electrons. The molecular weight excluding hydrogens is 212 g/mol. The number of benzene rings is 1. The second-order valence-corrected chi connectivity index (χ2v) is 5.90. The molecule has 0 bridgehead atoms. The largest absolute Gasteiger partial charge is 0.298 e. The number of rotatable bonds is 1. The Bertz CT molecular complexity index is 492. The summed E-state index contributed by atoms with van der Waals surface area (Å²) < 4.78 is 0. The number of carbonyl (C=O) groups is 2. The molecule has 1 aliphatic carbocycles. The van der Waals surface area contributed by atoms with Gasteiger partial charge in [-0.2, -0.15) is 0 Å². The van der Waals surface area contributed by atoms with E-state index in [9.17, 15) is 9.59 Å². The molecule has 17 heavy (non-hydrogen) atoms. The van der Waals surface area contributed by atoms with Crippen LogP contribution in [0, 0.1) is 18.3 Å². The molecule has 2 nitrogen and oxygen atoms in total. The minimum Gasteiger partial charge on any atom is -0.298 e. The van der Waals surface area contributed by atoms with Crippen LogP contribution in [0.15, 0.2) is 18.2 Å². The van der Waals surface area contributed by atoms with Crippen molar-refractivity contribution in [3.63, 3.8) is 0 Å². The zero-order valence-corrected chi connectivity index (χ0v) is 10.8. The van der Waals surface area contributed by atoms with Crippen molar-refractivity contribution in [2.75, 3.05) is 0 Å². The molecule has 0 saturated carbocycles. The zero-order valence-electron chi connectivity index (χ0n) is 10.8. The van der Waals surface area contributed by atoms with Crippen LogP contribution >= 0.6 is 0 Å². The number of hydrogen-bond donors (Lipinski definition) is 0. The molecule has 0 N–H and O–H groups in total. The molecule has 0 spiro atoms. The molecule has 1 aromatic carbocycles. The Morgan fingerprint density at radius 2 is 1.94 bits per heavy atom. The van der Waals surface area contributed by atoms with Crippen molar-refractivity contribution in [2.24, 2.45) is 11.3 Å². The number of carbonyl (C=O) groups excluding carboxylic acids is 2. The monoisotopic (exact) mass is 230 g/mol. The molecule has 1 aliphatic rings. The maximum absolute atomic E-state index is 12.2. The molecule has 0 aliphatic heterocycles.